The third-order valence-corrected chi connectivity index (χ3v) is 6.73. The molecule has 0 amide bonds. The molecule has 0 fully saturated rings. The SMILES string of the molecule is CNc1cc2c3cc(CN)c4ccsc4c3ccc2c2sccc12. The van der Waals surface area contributed by atoms with Gasteiger partial charge in [-0.3, -0.25) is 0 Å². The summed E-state index contributed by atoms with van der Waals surface area (Å²) in [5.74, 6) is 0. The van der Waals surface area contributed by atoms with Crippen molar-refractivity contribution in [1.82, 2.24) is 0 Å². The summed E-state index contributed by atoms with van der Waals surface area (Å²) in [5.41, 5.74) is 8.45. The molecule has 2 heterocycles. The highest BCUT2D eigenvalue weighted by Crippen LogP contribution is 2.41. The fraction of sp³-hybridized carbons (Fsp3) is 0.100. The lowest BCUT2D eigenvalue weighted by Crippen LogP contribution is -1.97. The van der Waals surface area contributed by atoms with Crippen molar-refractivity contribution < 1.29 is 0 Å². The first-order valence-corrected chi connectivity index (χ1v) is 9.71. The Balaban J connectivity index is 2.06. The number of hydrogen-bond acceptors (Lipinski definition) is 4. The summed E-state index contributed by atoms with van der Waals surface area (Å²) in [7, 11) is 1.99. The molecule has 4 heteroatoms. The van der Waals surface area contributed by atoms with Gasteiger partial charge in [0.25, 0.3) is 0 Å². The van der Waals surface area contributed by atoms with Gasteiger partial charge in [0.15, 0.2) is 0 Å². The van der Waals surface area contributed by atoms with Gasteiger partial charge in [-0.25, -0.2) is 0 Å². The van der Waals surface area contributed by atoms with Crippen molar-refractivity contribution >= 4 is 70.1 Å². The zero-order chi connectivity index (χ0) is 16.3. The number of nitrogens with one attached hydrogen (secondary N) is 1. The van der Waals surface area contributed by atoms with E-state index in [9.17, 15) is 0 Å². The minimum absolute atomic E-state index is 0.569. The smallest absolute Gasteiger partial charge is 0.0442 e. The van der Waals surface area contributed by atoms with Gasteiger partial charge in [0.05, 0.1) is 0 Å². The van der Waals surface area contributed by atoms with Crippen LogP contribution in [-0.2, 0) is 6.54 Å². The topological polar surface area (TPSA) is 38.0 Å². The van der Waals surface area contributed by atoms with Crippen LogP contribution in [0.4, 0.5) is 5.69 Å². The van der Waals surface area contributed by atoms with Gasteiger partial charge in [0.2, 0.25) is 0 Å². The third-order valence-electron chi connectivity index (χ3n) is 4.84. The van der Waals surface area contributed by atoms with E-state index in [1.165, 1.54) is 53.0 Å². The van der Waals surface area contributed by atoms with Gasteiger partial charge in [0, 0.05) is 44.8 Å². The zero-order valence-corrected chi connectivity index (χ0v) is 14.9. The third kappa shape index (κ3) is 1.79. The minimum Gasteiger partial charge on any atom is -0.388 e. The van der Waals surface area contributed by atoms with Gasteiger partial charge in [-0.2, -0.15) is 0 Å². The molecule has 0 atom stereocenters. The van der Waals surface area contributed by atoms with Crippen LogP contribution in [0.15, 0.2) is 47.2 Å². The number of hydrogen-bond donors (Lipinski definition) is 2. The fourth-order valence-corrected chi connectivity index (χ4v) is 5.62. The standard InChI is InChI=1S/C20H16N2S2/c1-22-18-9-17-14(20-15(18)5-7-24-20)3-2-13-16(17)8-11(10-21)12-4-6-23-19(12)13/h2-9,22H,10,21H2,1H3. The summed E-state index contributed by atoms with van der Waals surface area (Å²) in [6, 6.07) is 13.5. The van der Waals surface area contributed by atoms with Crippen LogP contribution in [0.2, 0.25) is 0 Å². The Morgan fingerprint density at radius 2 is 1.42 bits per heavy atom. The van der Waals surface area contributed by atoms with Gasteiger partial charge >= 0.3 is 0 Å². The number of rotatable bonds is 2. The average Bonchev–Trinajstić information content (AvgIpc) is 3.29. The lowest BCUT2D eigenvalue weighted by Gasteiger charge is -2.12. The quantitative estimate of drug-likeness (QED) is 0.388. The van der Waals surface area contributed by atoms with Crippen LogP contribution in [0.25, 0.3) is 41.7 Å². The van der Waals surface area contributed by atoms with Crippen LogP contribution >= 0.6 is 22.7 Å². The molecule has 0 saturated heterocycles. The maximum atomic E-state index is 6.03. The molecule has 0 saturated carbocycles. The Labute approximate surface area is 147 Å². The molecule has 118 valence electrons. The first-order chi connectivity index (χ1) is 11.8. The van der Waals surface area contributed by atoms with E-state index in [0.717, 1.165) is 0 Å². The van der Waals surface area contributed by atoms with Crippen LogP contribution in [-0.4, -0.2) is 7.05 Å². The lowest BCUT2D eigenvalue weighted by molar-refractivity contribution is 1.09. The molecule has 0 bridgehead atoms. The maximum Gasteiger partial charge on any atom is 0.0442 e. The summed E-state index contributed by atoms with van der Waals surface area (Å²) in [4.78, 5) is 0. The molecule has 3 N–H and O–H groups in total. The normalized spacial score (nSPS) is 11.9. The molecule has 2 nitrogen and oxygen atoms in total. The number of thiophene rings is 2. The maximum absolute atomic E-state index is 6.03. The Bertz CT molecular complexity index is 1130. The molecular weight excluding hydrogens is 332 g/mol. The van der Waals surface area contributed by atoms with Gasteiger partial charge in [-0.1, -0.05) is 12.1 Å². The van der Waals surface area contributed by atoms with Crippen molar-refractivity contribution in [3.05, 3.63) is 52.7 Å². The molecule has 5 rings (SSSR count). The van der Waals surface area contributed by atoms with E-state index in [2.05, 4.69) is 52.5 Å². The Kier molecular flexibility index (Phi) is 3.07. The highest BCUT2D eigenvalue weighted by atomic mass is 32.1. The van der Waals surface area contributed by atoms with Crippen LogP contribution in [0.1, 0.15) is 5.56 Å². The van der Waals surface area contributed by atoms with Crippen molar-refractivity contribution in [2.75, 3.05) is 12.4 Å². The Morgan fingerprint density at radius 1 is 0.792 bits per heavy atom. The molecular formula is C20H16N2S2. The van der Waals surface area contributed by atoms with Crippen molar-refractivity contribution in [2.24, 2.45) is 5.73 Å². The van der Waals surface area contributed by atoms with E-state index >= 15 is 0 Å². The Morgan fingerprint density at radius 3 is 2.08 bits per heavy atom. The van der Waals surface area contributed by atoms with E-state index in [1.54, 1.807) is 11.3 Å². The van der Waals surface area contributed by atoms with Gasteiger partial charge in [-0.05, 0) is 56.7 Å². The molecule has 2 aromatic heterocycles. The van der Waals surface area contributed by atoms with Crippen molar-refractivity contribution in [3.8, 4) is 0 Å². The number of fused-ring (bicyclic) bond motifs is 7. The van der Waals surface area contributed by atoms with Crippen molar-refractivity contribution in [1.29, 1.82) is 0 Å². The van der Waals surface area contributed by atoms with E-state index in [4.69, 9.17) is 5.73 Å². The first-order valence-electron chi connectivity index (χ1n) is 7.95. The second kappa shape index (κ2) is 5.18. The number of anilines is 1. The zero-order valence-electron chi connectivity index (χ0n) is 13.2. The van der Waals surface area contributed by atoms with E-state index < -0.39 is 0 Å². The number of benzene rings is 3. The molecule has 3 aromatic carbocycles. The lowest BCUT2D eigenvalue weighted by atomic mass is 9.96. The highest BCUT2D eigenvalue weighted by Gasteiger charge is 2.13. The summed E-state index contributed by atoms with van der Waals surface area (Å²) >= 11 is 3.61. The minimum atomic E-state index is 0.569. The molecule has 0 aliphatic carbocycles. The molecule has 0 spiro atoms. The van der Waals surface area contributed by atoms with E-state index in [1.807, 2.05) is 18.4 Å². The van der Waals surface area contributed by atoms with Crippen LogP contribution in [0.3, 0.4) is 0 Å². The first kappa shape index (κ1) is 14.2. The summed E-state index contributed by atoms with van der Waals surface area (Å²) in [6.45, 7) is 0.569. The molecule has 5 aromatic rings. The van der Waals surface area contributed by atoms with E-state index in [-0.39, 0.29) is 0 Å². The molecule has 0 unspecified atom stereocenters. The highest BCUT2D eigenvalue weighted by molar-refractivity contribution is 7.18. The van der Waals surface area contributed by atoms with Gasteiger partial charge < -0.3 is 11.1 Å². The van der Waals surface area contributed by atoms with Crippen molar-refractivity contribution in [2.45, 2.75) is 6.54 Å². The van der Waals surface area contributed by atoms with Crippen LogP contribution < -0.4 is 11.1 Å². The fourth-order valence-electron chi connectivity index (χ4n) is 3.69. The molecule has 0 radical (unpaired) electrons. The monoisotopic (exact) mass is 348 g/mol. The largest absolute Gasteiger partial charge is 0.388 e. The molecule has 0 aliphatic heterocycles. The van der Waals surface area contributed by atoms with Gasteiger partial charge in [0.1, 0.15) is 0 Å². The van der Waals surface area contributed by atoms with Crippen LogP contribution in [0, 0.1) is 0 Å². The second-order valence-electron chi connectivity index (χ2n) is 6.00. The Hall–Kier alpha value is -2.14. The molecule has 24 heavy (non-hydrogen) atoms. The van der Waals surface area contributed by atoms with E-state index in [0.29, 0.717) is 6.54 Å². The summed E-state index contributed by atoms with van der Waals surface area (Å²) in [6.07, 6.45) is 0. The summed E-state index contributed by atoms with van der Waals surface area (Å²) in [5, 5.41) is 15.5. The number of nitrogens with two attached hydrogens (primary N) is 1. The van der Waals surface area contributed by atoms with Gasteiger partial charge in [-0.15, -0.1) is 22.7 Å². The molecule has 0 aliphatic rings. The average molecular weight is 348 g/mol. The predicted octanol–water partition coefficient (Wildman–Crippen LogP) is 5.92. The predicted molar refractivity (Wildman–Crippen MR) is 110 cm³/mol. The van der Waals surface area contributed by atoms with Crippen LogP contribution in [0.5, 0.6) is 0 Å². The summed E-state index contributed by atoms with van der Waals surface area (Å²) < 4.78 is 2.69. The second-order valence-corrected chi connectivity index (χ2v) is 7.83. The van der Waals surface area contributed by atoms with Crippen molar-refractivity contribution in [3.63, 3.8) is 0 Å².